The van der Waals surface area contributed by atoms with Crippen LogP contribution in [0.15, 0.2) is 18.2 Å². The second kappa shape index (κ2) is 6.89. The zero-order chi connectivity index (χ0) is 13.5. The van der Waals surface area contributed by atoms with Crippen molar-refractivity contribution in [3.63, 3.8) is 0 Å². The van der Waals surface area contributed by atoms with Crippen molar-refractivity contribution < 1.29 is 14.3 Å². The molecule has 0 unspecified atom stereocenters. The van der Waals surface area contributed by atoms with E-state index in [0.29, 0.717) is 29.5 Å². The second-order valence-electron chi connectivity index (χ2n) is 4.63. The third kappa shape index (κ3) is 4.28. The van der Waals surface area contributed by atoms with Gasteiger partial charge in [-0.05, 0) is 37.0 Å². The van der Waals surface area contributed by atoms with E-state index in [-0.39, 0.29) is 0 Å². The van der Waals surface area contributed by atoms with E-state index in [1.807, 2.05) is 0 Å². The fourth-order valence-electron chi connectivity index (χ4n) is 1.60. The van der Waals surface area contributed by atoms with Crippen LogP contribution in [0.5, 0.6) is 5.75 Å². The van der Waals surface area contributed by atoms with Crippen LogP contribution in [0.2, 0.25) is 0 Å². The first-order valence-corrected chi connectivity index (χ1v) is 6.15. The van der Waals surface area contributed by atoms with Crippen LogP contribution < -0.4 is 10.5 Å². The van der Waals surface area contributed by atoms with Crippen LogP contribution >= 0.6 is 0 Å². The Kier molecular flexibility index (Phi) is 5.49. The number of nitrogen functional groups attached to an aromatic ring is 1. The van der Waals surface area contributed by atoms with E-state index in [1.165, 1.54) is 7.11 Å². The van der Waals surface area contributed by atoms with Gasteiger partial charge in [0, 0.05) is 0 Å². The molecular weight excluding hydrogens is 230 g/mol. The summed E-state index contributed by atoms with van der Waals surface area (Å²) in [5.74, 6) is 0.895. The van der Waals surface area contributed by atoms with Crippen molar-refractivity contribution in [1.82, 2.24) is 0 Å². The SMILES string of the molecule is COC(=O)c1ccc(OCCCC(C)C)c(N)c1. The van der Waals surface area contributed by atoms with Crippen molar-refractivity contribution in [2.45, 2.75) is 26.7 Å². The number of rotatable bonds is 6. The summed E-state index contributed by atoms with van der Waals surface area (Å²) >= 11 is 0. The van der Waals surface area contributed by atoms with E-state index in [9.17, 15) is 4.79 Å². The Labute approximate surface area is 108 Å². The van der Waals surface area contributed by atoms with Crippen molar-refractivity contribution >= 4 is 11.7 Å². The van der Waals surface area contributed by atoms with Gasteiger partial charge in [-0.2, -0.15) is 0 Å². The minimum absolute atomic E-state index is 0.395. The van der Waals surface area contributed by atoms with E-state index >= 15 is 0 Å². The van der Waals surface area contributed by atoms with E-state index < -0.39 is 5.97 Å². The Hall–Kier alpha value is -1.71. The molecule has 0 aliphatic rings. The monoisotopic (exact) mass is 251 g/mol. The summed E-state index contributed by atoms with van der Waals surface area (Å²) in [7, 11) is 1.34. The number of carbonyl (C=O) groups is 1. The molecule has 0 saturated carbocycles. The molecule has 0 bridgehead atoms. The number of methoxy groups -OCH3 is 1. The maximum Gasteiger partial charge on any atom is 0.337 e. The quantitative estimate of drug-likeness (QED) is 0.480. The van der Waals surface area contributed by atoms with E-state index in [4.69, 9.17) is 10.5 Å². The van der Waals surface area contributed by atoms with Gasteiger partial charge in [-0.3, -0.25) is 0 Å². The van der Waals surface area contributed by atoms with Gasteiger partial charge < -0.3 is 15.2 Å². The first kappa shape index (κ1) is 14.4. The number of anilines is 1. The number of nitrogens with two attached hydrogens (primary N) is 1. The molecule has 1 aromatic rings. The van der Waals surface area contributed by atoms with Crippen LogP contribution in [0, 0.1) is 5.92 Å². The first-order valence-electron chi connectivity index (χ1n) is 6.15. The third-order valence-electron chi connectivity index (χ3n) is 2.61. The molecule has 0 radical (unpaired) electrons. The van der Waals surface area contributed by atoms with E-state index in [0.717, 1.165) is 12.8 Å². The van der Waals surface area contributed by atoms with E-state index in [1.54, 1.807) is 18.2 Å². The van der Waals surface area contributed by atoms with Gasteiger partial charge in [0.2, 0.25) is 0 Å². The average molecular weight is 251 g/mol. The smallest absolute Gasteiger partial charge is 0.337 e. The number of esters is 1. The average Bonchev–Trinajstić information content (AvgIpc) is 2.34. The van der Waals surface area contributed by atoms with Gasteiger partial charge in [0.1, 0.15) is 5.75 Å². The van der Waals surface area contributed by atoms with Crippen molar-refractivity contribution in [2.24, 2.45) is 5.92 Å². The molecule has 0 atom stereocenters. The highest BCUT2D eigenvalue weighted by Crippen LogP contribution is 2.23. The fourth-order valence-corrected chi connectivity index (χ4v) is 1.60. The lowest BCUT2D eigenvalue weighted by Gasteiger charge is -2.10. The van der Waals surface area contributed by atoms with Crippen LogP contribution in [0.4, 0.5) is 5.69 Å². The molecule has 1 aromatic carbocycles. The minimum Gasteiger partial charge on any atom is -0.491 e. The number of benzene rings is 1. The molecule has 4 heteroatoms. The molecule has 1 rings (SSSR count). The summed E-state index contributed by atoms with van der Waals surface area (Å²) in [6.45, 7) is 5.00. The molecule has 0 aromatic heterocycles. The summed E-state index contributed by atoms with van der Waals surface area (Å²) < 4.78 is 10.2. The number of carbonyl (C=O) groups excluding carboxylic acids is 1. The summed E-state index contributed by atoms with van der Waals surface area (Å²) in [5.41, 5.74) is 6.72. The number of hydrogen-bond acceptors (Lipinski definition) is 4. The summed E-state index contributed by atoms with van der Waals surface area (Å²) in [6, 6.07) is 4.93. The third-order valence-corrected chi connectivity index (χ3v) is 2.61. The summed E-state index contributed by atoms with van der Waals surface area (Å²) in [5, 5.41) is 0. The number of ether oxygens (including phenoxy) is 2. The van der Waals surface area contributed by atoms with Crippen LogP contribution in [0.1, 0.15) is 37.0 Å². The van der Waals surface area contributed by atoms with Crippen LogP contribution in [0.25, 0.3) is 0 Å². The molecule has 0 heterocycles. The molecule has 0 aliphatic heterocycles. The Balaban J connectivity index is 2.55. The zero-order valence-corrected chi connectivity index (χ0v) is 11.2. The molecule has 18 heavy (non-hydrogen) atoms. The maximum absolute atomic E-state index is 11.3. The van der Waals surface area contributed by atoms with Crippen LogP contribution in [0.3, 0.4) is 0 Å². The largest absolute Gasteiger partial charge is 0.491 e. The molecule has 0 fully saturated rings. The standard InChI is InChI=1S/C14H21NO3/c1-10(2)5-4-8-18-13-7-6-11(9-12(13)15)14(16)17-3/h6-7,9-10H,4-5,8,15H2,1-3H3. The molecule has 0 saturated heterocycles. The molecule has 0 spiro atoms. The molecule has 2 N–H and O–H groups in total. The van der Waals surface area contributed by atoms with Gasteiger partial charge >= 0.3 is 5.97 Å². The van der Waals surface area contributed by atoms with Gasteiger partial charge in [-0.15, -0.1) is 0 Å². The van der Waals surface area contributed by atoms with Crippen LogP contribution in [-0.2, 0) is 4.74 Å². The molecule has 100 valence electrons. The molecule has 0 amide bonds. The van der Waals surface area contributed by atoms with Crippen LogP contribution in [-0.4, -0.2) is 19.7 Å². The Morgan fingerprint density at radius 3 is 2.67 bits per heavy atom. The molecule has 4 nitrogen and oxygen atoms in total. The topological polar surface area (TPSA) is 61.5 Å². The first-order chi connectivity index (χ1) is 8.54. The lowest BCUT2D eigenvalue weighted by Crippen LogP contribution is -2.05. The predicted molar refractivity (Wildman–Crippen MR) is 71.8 cm³/mol. The lowest BCUT2D eigenvalue weighted by atomic mass is 10.1. The zero-order valence-electron chi connectivity index (χ0n) is 11.2. The highest BCUT2D eigenvalue weighted by Gasteiger charge is 2.08. The Bertz CT molecular complexity index is 402. The summed E-state index contributed by atoms with van der Waals surface area (Å²) in [4.78, 5) is 11.3. The second-order valence-corrected chi connectivity index (χ2v) is 4.63. The highest BCUT2D eigenvalue weighted by atomic mass is 16.5. The minimum atomic E-state index is -0.395. The van der Waals surface area contributed by atoms with Gasteiger partial charge in [0.05, 0.1) is 25.0 Å². The number of hydrogen-bond donors (Lipinski definition) is 1. The predicted octanol–water partition coefficient (Wildman–Crippen LogP) is 2.87. The Morgan fingerprint density at radius 2 is 2.11 bits per heavy atom. The van der Waals surface area contributed by atoms with Crippen molar-refractivity contribution in [1.29, 1.82) is 0 Å². The Morgan fingerprint density at radius 1 is 1.39 bits per heavy atom. The maximum atomic E-state index is 11.3. The van der Waals surface area contributed by atoms with Gasteiger partial charge in [-0.25, -0.2) is 4.79 Å². The van der Waals surface area contributed by atoms with Gasteiger partial charge in [0.25, 0.3) is 0 Å². The normalized spacial score (nSPS) is 10.4. The summed E-state index contributed by atoms with van der Waals surface area (Å²) in [6.07, 6.45) is 2.12. The van der Waals surface area contributed by atoms with Crippen molar-refractivity contribution in [2.75, 3.05) is 19.5 Å². The molecule has 0 aliphatic carbocycles. The van der Waals surface area contributed by atoms with E-state index in [2.05, 4.69) is 18.6 Å². The lowest BCUT2D eigenvalue weighted by molar-refractivity contribution is 0.0601. The van der Waals surface area contributed by atoms with Gasteiger partial charge in [-0.1, -0.05) is 13.8 Å². The van der Waals surface area contributed by atoms with Gasteiger partial charge in [0.15, 0.2) is 0 Å². The molecular formula is C14H21NO3. The highest BCUT2D eigenvalue weighted by molar-refractivity contribution is 5.90. The van der Waals surface area contributed by atoms with Crippen molar-refractivity contribution in [3.05, 3.63) is 23.8 Å². The van der Waals surface area contributed by atoms with Crippen molar-refractivity contribution in [3.8, 4) is 5.75 Å². The fraction of sp³-hybridized carbons (Fsp3) is 0.500.